The van der Waals surface area contributed by atoms with E-state index in [4.69, 9.17) is 0 Å². The molecule has 3 aromatic heterocycles. The molecule has 0 aliphatic heterocycles. The predicted molar refractivity (Wildman–Crippen MR) is 84.4 cm³/mol. The van der Waals surface area contributed by atoms with Crippen LogP contribution in [0.1, 0.15) is 0 Å². The number of rotatable bonds is 2. The molecule has 4 aromatic rings. The fourth-order valence-corrected chi connectivity index (χ4v) is 3.19. The summed E-state index contributed by atoms with van der Waals surface area (Å²) in [6.07, 6.45) is 7.72. The summed E-state index contributed by atoms with van der Waals surface area (Å²) in [4.78, 5) is 8.70. The van der Waals surface area contributed by atoms with Crippen LogP contribution in [-0.4, -0.2) is 9.97 Å². The summed E-state index contributed by atoms with van der Waals surface area (Å²) in [6.45, 7) is 0. The van der Waals surface area contributed by atoms with E-state index in [0.29, 0.717) is 0 Å². The Bertz CT molecular complexity index is 850. The maximum atomic E-state index is 4.66. The molecule has 0 N–H and O–H groups in total. The van der Waals surface area contributed by atoms with E-state index in [9.17, 15) is 0 Å². The number of thiazole rings is 1. The lowest BCUT2D eigenvalue weighted by Crippen LogP contribution is -2.28. The molecule has 0 atom stereocenters. The van der Waals surface area contributed by atoms with Crippen LogP contribution in [0.3, 0.4) is 0 Å². The predicted octanol–water partition coefficient (Wildman–Crippen LogP) is 3.64. The molecule has 0 aliphatic carbocycles. The van der Waals surface area contributed by atoms with Crippen LogP contribution < -0.4 is 4.57 Å². The highest BCUT2D eigenvalue weighted by Gasteiger charge is 2.14. The number of para-hydroxylation sites is 1. The van der Waals surface area contributed by atoms with Gasteiger partial charge in [-0.1, -0.05) is 12.1 Å². The van der Waals surface area contributed by atoms with Crippen LogP contribution in [0.4, 0.5) is 0 Å². The minimum atomic E-state index is 0.984. The van der Waals surface area contributed by atoms with E-state index in [2.05, 4.69) is 32.7 Å². The third-order valence-electron chi connectivity index (χ3n) is 3.35. The van der Waals surface area contributed by atoms with Gasteiger partial charge in [0.1, 0.15) is 0 Å². The molecular formula is C17H12N3S+. The fraction of sp³-hybridized carbons (Fsp3) is 0. The van der Waals surface area contributed by atoms with E-state index >= 15 is 0 Å². The molecule has 1 aromatic carbocycles. The number of benzene rings is 1. The Morgan fingerprint density at radius 2 is 1.52 bits per heavy atom. The monoisotopic (exact) mass is 290 g/mol. The van der Waals surface area contributed by atoms with Crippen LogP contribution in [0.25, 0.3) is 26.5 Å². The lowest BCUT2D eigenvalue weighted by atomic mass is 10.1. The number of hydrogen-bond acceptors (Lipinski definition) is 3. The number of aromatic nitrogens is 3. The van der Waals surface area contributed by atoms with Crippen LogP contribution in [0.2, 0.25) is 0 Å². The van der Waals surface area contributed by atoms with Crippen molar-refractivity contribution in [1.29, 1.82) is 0 Å². The van der Waals surface area contributed by atoms with Gasteiger partial charge in [0.05, 0.1) is 17.1 Å². The minimum Gasteiger partial charge on any atom is -0.265 e. The summed E-state index contributed by atoms with van der Waals surface area (Å²) in [7, 11) is 0. The molecular weight excluding hydrogens is 278 g/mol. The van der Waals surface area contributed by atoms with Crippen molar-refractivity contribution in [2.45, 2.75) is 0 Å². The van der Waals surface area contributed by atoms with Crippen molar-refractivity contribution < 1.29 is 4.57 Å². The Labute approximate surface area is 126 Å². The van der Waals surface area contributed by atoms with Crippen molar-refractivity contribution in [3.63, 3.8) is 0 Å². The summed E-state index contributed by atoms with van der Waals surface area (Å²) < 4.78 is 3.26. The number of pyridine rings is 2. The molecule has 3 heterocycles. The highest BCUT2D eigenvalue weighted by molar-refractivity contribution is 7.20. The Kier molecular flexibility index (Phi) is 2.94. The lowest BCUT2D eigenvalue weighted by Gasteiger charge is -2.00. The molecule has 4 heteroatoms. The Morgan fingerprint density at radius 1 is 0.810 bits per heavy atom. The van der Waals surface area contributed by atoms with Gasteiger partial charge in [-0.2, -0.15) is 4.57 Å². The molecule has 3 nitrogen and oxygen atoms in total. The van der Waals surface area contributed by atoms with E-state index in [-0.39, 0.29) is 0 Å². The van der Waals surface area contributed by atoms with Crippen LogP contribution >= 0.6 is 11.3 Å². The average Bonchev–Trinajstić information content (AvgIpc) is 3.00. The first-order valence-electron chi connectivity index (χ1n) is 6.68. The van der Waals surface area contributed by atoms with Gasteiger partial charge in [0.25, 0.3) is 0 Å². The van der Waals surface area contributed by atoms with Crippen LogP contribution in [-0.2, 0) is 0 Å². The minimum absolute atomic E-state index is 0.984. The third-order valence-corrected chi connectivity index (χ3v) is 4.40. The van der Waals surface area contributed by atoms with Crippen molar-refractivity contribution in [2.75, 3.05) is 0 Å². The third kappa shape index (κ3) is 2.30. The largest absolute Gasteiger partial charge is 0.388 e. The van der Waals surface area contributed by atoms with Crippen LogP contribution in [0.5, 0.6) is 0 Å². The van der Waals surface area contributed by atoms with E-state index < -0.39 is 0 Å². The second-order valence-corrected chi connectivity index (χ2v) is 5.70. The molecule has 0 fully saturated rings. The molecule has 0 unspecified atom stereocenters. The van der Waals surface area contributed by atoms with Gasteiger partial charge in [0, 0.05) is 12.4 Å². The van der Waals surface area contributed by atoms with Crippen LogP contribution in [0, 0.1) is 0 Å². The first kappa shape index (κ1) is 12.2. The van der Waals surface area contributed by atoms with Crippen molar-refractivity contribution in [1.82, 2.24) is 9.97 Å². The second kappa shape index (κ2) is 5.07. The number of nitrogens with zero attached hydrogens (tertiary/aromatic N) is 3. The molecule has 100 valence electrons. The maximum absolute atomic E-state index is 4.66. The summed E-state index contributed by atoms with van der Waals surface area (Å²) in [5.41, 5.74) is 3.39. The van der Waals surface area contributed by atoms with Gasteiger partial charge in [0.2, 0.25) is 0 Å². The van der Waals surface area contributed by atoms with Crippen molar-refractivity contribution in [3.05, 3.63) is 73.3 Å². The standard InChI is InChI=1S/C17H12N3S/c1-2-4-16-15(3-1)19-17(21-16)20-11-7-14(8-12-20)13-5-9-18-10-6-13/h1-12H/q+1. The number of hydrogen-bond donors (Lipinski definition) is 0. The normalized spacial score (nSPS) is 10.9. The molecule has 0 radical (unpaired) electrons. The fourth-order valence-electron chi connectivity index (χ4n) is 2.26. The average molecular weight is 290 g/mol. The van der Waals surface area contributed by atoms with Crippen molar-refractivity contribution in [3.8, 4) is 16.3 Å². The van der Waals surface area contributed by atoms with Crippen molar-refractivity contribution >= 4 is 21.6 Å². The summed E-state index contributed by atoms with van der Waals surface area (Å²) in [6, 6.07) is 16.4. The molecule has 0 amide bonds. The zero-order valence-corrected chi connectivity index (χ0v) is 12.0. The van der Waals surface area contributed by atoms with Crippen molar-refractivity contribution in [2.24, 2.45) is 0 Å². The first-order valence-corrected chi connectivity index (χ1v) is 7.49. The molecule has 21 heavy (non-hydrogen) atoms. The van der Waals surface area contributed by atoms with E-state index in [1.165, 1.54) is 15.8 Å². The maximum Gasteiger partial charge on any atom is 0.388 e. The van der Waals surface area contributed by atoms with Gasteiger partial charge in [-0.05, 0) is 63.8 Å². The molecule has 0 saturated heterocycles. The summed E-state index contributed by atoms with van der Waals surface area (Å²) in [5, 5.41) is 0.984. The van der Waals surface area contributed by atoms with Gasteiger partial charge in [0.15, 0.2) is 5.52 Å². The summed E-state index contributed by atoms with van der Waals surface area (Å²) in [5.74, 6) is 0. The molecule has 0 bridgehead atoms. The molecule has 0 saturated carbocycles. The zero-order chi connectivity index (χ0) is 14.1. The Balaban J connectivity index is 1.73. The highest BCUT2D eigenvalue weighted by atomic mass is 32.1. The van der Waals surface area contributed by atoms with Gasteiger partial charge < -0.3 is 0 Å². The van der Waals surface area contributed by atoms with Gasteiger partial charge in [-0.25, -0.2) is 0 Å². The van der Waals surface area contributed by atoms with E-state index in [1.807, 2.05) is 55.1 Å². The smallest absolute Gasteiger partial charge is 0.265 e. The first-order chi connectivity index (χ1) is 10.4. The molecule has 0 spiro atoms. The second-order valence-electron chi connectivity index (χ2n) is 4.69. The highest BCUT2D eigenvalue weighted by Crippen LogP contribution is 2.22. The summed E-state index contributed by atoms with van der Waals surface area (Å²) >= 11 is 1.69. The zero-order valence-electron chi connectivity index (χ0n) is 11.2. The Morgan fingerprint density at radius 3 is 2.29 bits per heavy atom. The van der Waals surface area contributed by atoms with Gasteiger partial charge in [-0.15, -0.1) is 0 Å². The lowest BCUT2D eigenvalue weighted by molar-refractivity contribution is -0.595. The van der Waals surface area contributed by atoms with E-state index in [0.717, 1.165) is 10.6 Å². The topological polar surface area (TPSA) is 29.7 Å². The van der Waals surface area contributed by atoms with Crippen LogP contribution in [0.15, 0.2) is 73.3 Å². The van der Waals surface area contributed by atoms with Gasteiger partial charge in [-0.3, -0.25) is 4.98 Å². The van der Waals surface area contributed by atoms with E-state index in [1.54, 1.807) is 11.3 Å². The SMILES string of the molecule is c1ccc2sc(-[n+]3ccc(-c4ccncc4)cc3)nc2c1. The molecule has 4 rings (SSSR count). The molecule has 0 aliphatic rings. The Hall–Kier alpha value is -2.59. The van der Waals surface area contributed by atoms with Gasteiger partial charge >= 0.3 is 5.13 Å². The number of fused-ring (bicyclic) bond motifs is 1. The quantitative estimate of drug-likeness (QED) is 0.528.